The Bertz CT molecular complexity index is 1170. The first-order valence-corrected chi connectivity index (χ1v) is 11.3. The number of ether oxygens (including phenoxy) is 3. The lowest BCUT2D eigenvalue weighted by Crippen LogP contribution is -2.31. The van der Waals surface area contributed by atoms with Crippen molar-refractivity contribution >= 4 is 35.3 Å². The third kappa shape index (κ3) is 7.75. The lowest BCUT2D eigenvalue weighted by Gasteiger charge is -2.17. The Morgan fingerprint density at radius 1 is 0.914 bits per heavy atom. The summed E-state index contributed by atoms with van der Waals surface area (Å²) < 4.78 is 15.4. The number of amides is 2. The zero-order chi connectivity index (χ0) is 25.2. The Hall–Kier alpha value is -4.04. The van der Waals surface area contributed by atoms with Crippen molar-refractivity contribution < 1.29 is 28.6 Å². The van der Waals surface area contributed by atoms with E-state index >= 15 is 0 Å². The number of para-hydroxylation sites is 1. The highest BCUT2D eigenvalue weighted by Gasteiger charge is 2.17. The van der Waals surface area contributed by atoms with Crippen molar-refractivity contribution in [1.29, 1.82) is 0 Å². The molecule has 35 heavy (non-hydrogen) atoms. The molecule has 1 unspecified atom stereocenters. The zero-order valence-electron chi connectivity index (χ0n) is 19.2. The third-order valence-electron chi connectivity index (χ3n) is 4.79. The summed E-state index contributed by atoms with van der Waals surface area (Å²) in [4.78, 5) is 36.6. The summed E-state index contributed by atoms with van der Waals surface area (Å²) in [5.74, 6) is 0.128. The molecule has 0 heterocycles. The topological polar surface area (TPSA) is 103 Å². The Kier molecular flexibility index (Phi) is 9.09. The Balaban J connectivity index is 1.56. The lowest BCUT2D eigenvalue weighted by atomic mass is 10.1. The van der Waals surface area contributed by atoms with Gasteiger partial charge in [-0.2, -0.15) is 0 Å². The number of nitrogens with one attached hydrogen (secondary N) is 2. The summed E-state index contributed by atoms with van der Waals surface area (Å²) in [5, 5.41) is 6.23. The van der Waals surface area contributed by atoms with E-state index in [9.17, 15) is 14.4 Å². The largest absolute Gasteiger partial charge is 0.513 e. The van der Waals surface area contributed by atoms with Crippen LogP contribution in [0.3, 0.4) is 0 Å². The summed E-state index contributed by atoms with van der Waals surface area (Å²) in [6, 6.07) is 20.0. The van der Waals surface area contributed by atoms with Crippen LogP contribution in [0.4, 0.5) is 10.5 Å². The molecule has 3 rings (SSSR count). The van der Waals surface area contributed by atoms with Gasteiger partial charge >= 0.3 is 6.16 Å². The molecule has 2 N–H and O–H groups in total. The molecule has 0 aliphatic carbocycles. The van der Waals surface area contributed by atoms with Gasteiger partial charge in [-0.3, -0.25) is 9.59 Å². The smallest absolute Gasteiger partial charge is 0.481 e. The molecule has 0 saturated carbocycles. The first-order valence-electron chi connectivity index (χ1n) is 10.9. The lowest BCUT2D eigenvalue weighted by molar-refractivity contribution is -0.122. The highest BCUT2D eigenvalue weighted by atomic mass is 35.5. The molecule has 0 aliphatic rings. The minimum atomic E-state index is -0.809. The molecule has 0 bridgehead atoms. The molecule has 8 nitrogen and oxygen atoms in total. The van der Waals surface area contributed by atoms with Crippen molar-refractivity contribution in [3.8, 4) is 11.5 Å². The van der Waals surface area contributed by atoms with Gasteiger partial charge in [0.25, 0.3) is 11.8 Å². The van der Waals surface area contributed by atoms with Crippen LogP contribution in [0.25, 0.3) is 0 Å². The van der Waals surface area contributed by atoms with Crippen LogP contribution in [0, 0.1) is 0 Å². The van der Waals surface area contributed by atoms with Gasteiger partial charge in [0.2, 0.25) is 0 Å². The molecule has 3 aromatic carbocycles. The van der Waals surface area contributed by atoms with Crippen LogP contribution in [-0.4, -0.2) is 30.7 Å². The molecule has 0 fully saturated rings. The van der Waals surface area contributed by atoms with Gasteiger partial charge in [-0.05, 0) is 74.0 Å². The molecule has 1 atom stereocenters. The highest BCUT2D eigenvalue weighted by Crippen LogP contribution is 2.19. The summed E-state index contributed by atoms with van der Waals surface area (Å²) >= 11 is 5.87. The number of halogens is 1. The average molecular weight is 497 g/mol. The number of carbonyl (C=O) groups is 3. The van der Waals surface area contributed by atoms with E-state index in [4.69, 9.17) is 25.8 Å². The molecular weight excluding hydrogens is 472 g/mol. The maximum Gasteiger partial charge on any atom is 0.513 e. The fourth-order valence-corrected chi connectivity index (χ4v) is 3.12. The second-order valence-electron chi connectivity index (χ2n) is 7.35. The van der Waals surface area contributed by atoms with Crippen LogP contribution in [0.5, 0.6) is 11.5 Å². The molecule has 3 aromatic rings. The van der Waals surface area contributed by atoms with Gasteiger partial charge in [0, 0.05) is 22.8 Å². The molecular formula is C26H25ClN2O6. The van der Waals surface area contributed by atoms with Crippen LogP contribution in [0.2, 0.25) is 5.02 Å². The van der Waals surface area contributed by atoms with Crippen LogP contribution in [-0.2, 0) is 16.1 Å². The number of rotatable bonds is 9. The maximum atomic E-state index is 12.7. The van der Waals surface area contributed by atoms with Crippen molar-refractivity contribution in [3.05, 3.63) is 88.9 Å². The fourth-order valence-electron chi connectivity index (χ4n) is 3.00. The van der Waals surface area contributed by atoms with Crippen LogP contribution < -0.4 is 20.1 Å². The van der Waals surface area contributed by atoms with Gasteiger partial charge < -0.3 is 24.8 Å². The minimum Gasteiger partial charge on any atom is -0.481 e. The first kappa shape index (κ1) is 25.6. The quantitative estimate of drug-likeness (QED) is 0.311. The Morgan fingerprint density at radius 3 is 2.26 bits per heavy atom. The normalized spacial score (nSPS) is 11.2. The average Bonchev–Trinajstić information content (AvgIpc) is 2.85. The minimum absolute atomic E-state index is 0.183. The third-order valence-corrected chi connectivity index (χ3v) is 5.04. The van der Waals surface area contributed by atoms with E-state index in [0.29, 0.717) is 22.0 Å². The SMILES string of the molecule is CCOC(=O)Oc1ccc(C(=O)NCc2ccccc2NC(=O)C(C)Oc2ccc(Cl)cc2)cc1. The number of anilines is 1. The van der Waals surface area contributed by atoms with Crippen molar-refractivity contribution in [1.82, 2.24) is 5.32 Å². The van der Waals surface area contributed by atoms with Gasteiger partial charge in [0.05, 0.1) is 6.61 Å². The van der Waals surface area contributed by atoms with Gasteiger partial charge in [0.1, 0.15) is 11.5 Å². The van der Waals surface area contributed by atoms with E-state index in [-0.39, 0.29) is 30.7 Å². The maximum absolute atomic E-state index is 12.7. The summed E-state index contributed by atoms with van der Waals surface area (Å²) in [7, 11) is 0. The van der Waals surface area contributed by atoms with E-state index in [1.54, 1.807) is 56.3 Å². The molecule has 0 saturated heterocycles. The second-order valence-corrected chi connectivity index (χ2v) is 7.79. The monoisotopic (exact) mass is 496 g/mol. The van der Waals surface area contributed by atoms with E-state index in [2.05, 4.69) is 10.6 Å². The van der Waals surface area contributed by atoms with E-state index in [1.165, 1.54) is 24.3 Å². The van der Waals surface area contributed by atoms with E-state index < -0.39 is 12.3 Å². The molecule has 0 spiro atoms. The van der Waals surface area contributed by atoms with Crippen molar-refractivity contribution in [2.75, 3.05) is 11.9 Å². The molecule has 0 aromatic heterocycles. The van der Waals surface area contributed by atoms with Crippen LogP contribution >= 0.6 is 11.6 Å². The van der Waals surface area contributed by atoms with E-state index in [0.717, 1.165) is 5.56 Å². The molecule has 182 valence electrons. The zero-order valence-corrected chi connectivity index (χ0v) is 20.0. The number of carbonyl (C=O) groups excluding carboxylic acids is 3. The predicted molar refractivity (Wildman–Crippen MR) is 132 cm³/mol. The van der Waals surface area contributed by atoms with Crippen molar-refractivity contribution in [3.63, 3.8) is 0 Å². The summed E-state index contributed by atoms with van der Waals surface area (Å²) in [5.41, 5.74) is 1.66. The summed E-state index contributed by atoms with van der Waals surface area (Å²) in [6.45, 7) is 3.70. The summed E-state index contributed by atoms with van der Waals surface area (Å²) in [6.07, 6.45) is -1.56. The molecule has 0 radical (unpaired) electrons. The van der Waals surface area contributed by atoms with Crippen molar-refractivity contribution in [2.24, 2.45) is 0 Å². The Morgan fingerprint density at radius 2 is 1.57 bits per heavy atom. The second kappa shape index (κ2) is 12.4. The highest BCUT2D eigenvalue weighted by molar-refractivity contribution is 6.30. The van der Waals surface area contributed by atoms with Gasteiger partial charge in [-0.15, -0.1) is 0 Å². The van der Waals surface area contributed by atoms with Gasteiger partial charge in [-0.25, -0.2) is 4.79 Å². The van der Waals surface area contributed by atoms with Crippen LogP contribution in [0.15, 0.2) is 72.8 Å². The van der Waals surface area contributed by atoms with E-state index in [1.807, 2.05) is 6.07 Å². The van der Waals surface area contributed by atoms with Crippen molar-refractivity contribution in [2.45, 2.75) is 26.5 Å². The molecule has 9 heteroatoms. The number of hydrogen-bond donors (Lipinski definition) is 2. The standard InChI is InChI=1S/C26H25ClN2O6/c1-3-33-26(32)35-22-12-8-18(9-13-22)25(31)28-16-19-6-4-5-7-23(19)29-24(30)17(2)34-21-14-10-20(27)11-15-21/h4-15,17H,3,16H2,1-2H3,(H,28,31)(H,29,30). The fraction of sp³-hybridized carbons (Fsp3) is 0.192. The van der Waals surface area contributed by atoms with Gasteiger partial charge in [0.15, 0.2) is 6.10 Å². The van der Waals surface area contributed by atoms with Crippen LogP contribution in [0.1, 0.15) is 29.8 Å². The van der Waals surface area contributed by atoms with Gasteiger partial charge in [-0.1, -0.05) is 29.8 Å². The molecule has 2 amide bonds. The molecule has 0 aliphatic heterocycles. The predicted octanol–water partition coefficient (Wildman–Crippen LogP) is 5.21. The Labute approximate surface area is 208 Å². The number of hydrogen-bond acceptors (Lipinski definition) is 6. The number of benzene rings is 3. The first-order chi connectivity index (χ1) is 16.9.